The van der Waals surface area contributed by atoms with Crippen molar-refractivity contribution >= 4 is 23.2 Å². The van der Waals surface area contributed by atoms with E-state index in [1.807, 2.05) is 26.0 Å². The largest absolute Gasteiger partial charge is 0.491 e. The normalized spacial score (nSPS) is 14.3. The van der Waals surface area contributed by atoms with Crippen LogP contribution in [0.4, 0.5) is 11.4 Å². The fraction of sp³-hybridized carbons (Fsp3) is 0.364. The van der Waals surface area contributed by atoms with E-state index >= 15 is 0 Å². The summed E-state index contributed by atoms with van der Waals surface area (Å²) in [6.45, 7) is 6.01. The summed E-state index contributed by atoms with van der Waals surface area (Å²) < 4.78 is 5.73. The molecule has 0 bridgehead atoms. The molecule has 1 unspecified atom stereocenters. The second-order valence-corrected chi connectivity index (χ2v) is 7.11. The van der Waals surface area contributed by atoms with Crippen molar-refractivity contribution in [2.45, 2.75) is 46.1 Å². The quantitative estimate of drug-likeness (QED) is 0.741. The van der Waals surface area contributed by atoms with E-state index in [2.05, 4.69) is 17.6 Å². The van der Waals surface area contributed by atoms with E-state index in [-0.39, 0.29) is 23.8 Å². The standard InChI is InChI=1S/C22H26N2O3/c1-4-15(3)27-19-11-8-17(9-12-19)21(25)23-18-10-5-14(2)20(13-18)24-22(26)16-6-7-16/h5,8-13,15-16H,4,6-7H2,1-3H3,(H,23,25)(H,24,26). The number of carbonyl (C=O) groups is 2. The summed E-state index contributed by atoms with van der Waals surface area (Å²) in [5, 5.41) is 5.83. The summed E-state index contributed by atoms with van der Waals surface area (Å²) in [5.41, 5.74) is 2.91. The summed E-state index contributed by atoms with van der Waals surface area (Å²) in [6, 6.07) is 12.6. The van der Waals surface area contributed by atoms with E-state index < -0.39 is 0 Å². The van der Waals surface area contributed by atoms with Gasteiger partial charge in [0.15, 0.2) is 0 Å². The van der Waals surface area contributed by atoms with Crippen LogP contribution in [0.15, 0.2) is 42.5 Å². The molecule has 2 amide bonds. The Balaban J connectivity index is 1.65. The van der Waals surface area contributed by atoms with Crippen LogP contribution >= 0.6 is 0 Å². The van der Waals surface area contributed by atoms with Crippen LogP contribution in [-0.4, -0.2) is 17.9 Å². The Labute approximate surface area is 160 Å². The number of ether oxygens (including phenoxy) is 1. The lowest BCUT2D eigenvalue weighted by Crippen LogP contribution is -2.15. The molecule has 5 nitrogen and oxygen atoms in total. The average molecular weight is 366 g/mol. The van der Waals surface area contributed by atoms with Gasteiger partial charge in [0.1, 0.15) is 5.75 Å². The van der Waals surface area contributed by atoms with E-state index in [0.29, 0.717) is 11.3 Å². The number of benzene rings is 2. The molecule has 0 heterocycles. The van der Waals surface area contributed by atoms with Crippen LogP contribution in [-0.2, 0) is 4.79 Å². The number of hydrogen-bond acceptors (Lipinski definition) is 3. The Morgan fingerprint density at radius 2 is 1.81 bits per heavy atom. The first kappa shape index (κ1) is 19.0. The number of carbonyl (C=O) groups excluding carboxylic acids is 2. The molecule has 5 heteroatoms. The van der Waals surface area contributed by atoms with Crippen molar-refractivity contribution in [2.24, 2.45) is 5.92 Å². The smallest absolute Gasteiger partial charge is 0.255 e. The van der Waals surface area contributed by atoms with Gasteiger partial charge in [-0.3, -0.25) is 9.59 Å². The molecule has 27 heavy (non-hydrogen) atoms. The van der Waals surface area contributed by atoms with Crippen molar-refractivity contribution in [1.29, 1.82) is 0 Å². The number of nitrogens with one attached hydrogen (secondary N) is 2. The lowest BCUT2D eigenvalue weighted by Gasteiger charge is -2.13. The Morgan fingerprint density at radius 1 is 1.11 bits per heavy atom. The van der Waals surface area contributed by atoms with Gasteiger partial charge in [-0.1, -0.05) is 13.0 Å². The topological polar surface area (TPSA) is 67.4 Å². The van der Waals surface area contributed by atoms with Crippen LogP contribution in [0.2, 0.25) is 0 Å². The van der Waals surface area contributed by atoms with Crippen LogP contribution in [0.5, 0.6) is 5.75 Å². The molecule has 1 aliphatic rings. The molecule has 0 radical (unpaired) electrons. The van der Waals surface area contributed by atoms with Crippen molar-refractivity contribution in [3.63, 3.8) is 0 Å². The fourth-order valence-corrected chi connectivity index (χ4v) is 2.62. The molecule has 2 aromatic rings. The minimum absolute atomic E-state index is 0.0541. The van der Waals surface area contributed by atoms with Gasteiger partial charge in [-0.25, -0.2) is 0 Å². The Hall–Kier alpha value is -2.82. The monoisotopic (exact) mass is 366 g/mol. The van der Waals surface area contributed by atoms with Gasteiger partial charge < -0.3 is 15.4 Å². The summed E-state index contributed by atoms with van der Waals surface area (Å²) >= 11 is 0. The molecule has 3 rings (SSSR count). The molecule has 0 aliphatic heterocycles. The highest BCUT2D eigenvalue weighted by atomic mass is 16.5. The van der Waals surface area contributed by atoms with E-state index in [1.165, 1.54) is 0 Å². The van der Waals surface area contributed by atoms with E-state index in [1.54, 1.807) is 30.3 Å². The lowest BCUT2D eigenvalue weighted by molar-refractivity contribution is -0.117. The highest BCUT2D eigenvalue weighted by Crippen LogP contribution is 2.31. The summed E-state index contributed by atoms with van der Waals surface area (Å²) in [4.78, 5) is 24.5. The third-order valence-corrected chi connectivity index (χ3v) is 4.73. The molecule has 0 aromatic heterocycles. The second kappa shape index (κ2) is 8.25. The third-order valence-electron chi connectivity index (χ3n) is 4.73. The average Bonchev–Trinajstić information content (AvgIpc) is 3.50. The minimum atomic E-state index is -0.201. The molecule has 142 valence electrons. The molecule has 1 saturated carbocycles. The number of hydrogen-bond donors (Lipinski definition) is 2. The van der Waals surface area contributed by atoms with Crippen molar-refractivity contribution in [3.05, 3.63) is 53.6 Å². The molecular weight excluding hydrogens is 340 g/mol. The van der Waals surface area contributed by atoms with Crippen LogP contribution < -0.4 is 15.4 Å². The third kappa shape index (κ3) is 5.09. The van der Waals surface area contributed by atoms with Crippen molar-refractivity contribution in [3.8, 4) is 5.75 Å². The first-order valence-corrected chi connectivity index (χ1v) is 9.46. The molecule has 1 atom stereocenters. The number of amides is 2. The predicted octanol–water partition coefficient (Wildman–Crippen LogP) is 4.77. The minimum Gasteiger partial charge on any atom is -0.491 e. The summed E-state index contributed by atoms with van der Waals surface area (Å²) in [7, 11) is 0. The van der Waals surface area contributed by atoms with Crippen LogP contribution in [0.3, 0.4) is 0 Å². The Kier molecular flexibility index (Phi) is 5.79. The van der Waals surface area contributed by atoms with E-state index in [9.17, 15) is 9.59 Å². The maximum absolute atomic E-state index is 12.5. The maximum Gasteiger partial charge on any atom is 0.255 e. The molecular formula is C22H26N2O3. The fourth-order valence-electron chi connectivity index (χ4n) is 2.62. The van der Waals surface area contributed by atoms with Crippen molar-refractivity contribution in [2.75, 3.05) is 10.6 Å². The van der Waals surface area contributed by atoms with Gasteiger partial charge in [-0.2, -0.15) is 0 Å². The first-order chi connectivity index (χ1) is 13.0. The van der Waals surface area contributed by atoms with E-state index in [4.69, 9.17) is 4.74 Å². The first-order valence-electron chi connectivity index (χ1n) is 9.46. The predicted molar refractivity (Wildman–Crippen MR) is 107 cm³/mol. The van der Waals surface area contributed by atoms with E-state index in [0.717, 1.165) is 36.3 Å². The Bertz CT molecular complexity index is 826. The molecule has 2 N–H and O–H groups in total. The summed E-state index contributed by atoms with van der Waals surface area (Å²) in [5.74, 6) is 0.743. The lowest BCUT2D eigenvalue weighted by atomic mass is 10.1. The van der Waals surface area contributed by atoms with Crippen LogP contribution in [0.1, 0.15) is 49.0 Å². The van der Waals surface area contributed by atoms with Gasteiger partial charge in [-0.15, -0.1) is 0 Å². The Morgan fingerprint density at radius 3 is 2.44 bits per heavy atom. The molecule has 2 aromatic carbocycles. The molecule has 0 spiro atoms. The van der Waals surface area contributed by atoms with Crippen LogP contribution in [0.25, 0.3) is 0 Å². The SMILES string of the molecule is CCC(C)Oc1ccc(C(=O)Nc2ccc(C)c(NC(=O)C3CC3)c2)cc1. The van der Waals surface area contributed by atoms with Gasteiger partial charge in [-0.05, 0) is 75.1 Å². The number of rotatable bonds is 7. The maximum atomic E-state index is 12.5. The van der Waals surface area contributed by atoms with Gasteiger partial charge in [0.05, 0.1) is 6.10 Å². The molecule has 0 saturated heterocycles. The van der Waals surface area contributed by atoms with Crippen LogP contribution in [0, 0.1) is 12.8 Å². The highest BCUT2D eigenvalue weighted by molar-refractivity contribution is 6.05. The van der Waals surface area contributed by atoms with Gasteiger partial charge in [0, 0.05) is 22.9 Å². The zero-order chi connectivity index (χ0) is 19.4. The van der Waals surface area contributed by atoms with Crippen molar-refractivity contribution < 1.29 is 14.3 Å². The highest BCUT2D eigenvalue weighted by Gasteiger charge is 2.29. The number of anilines is 2. The number of aryl methyl sites for hydroxylation is 1. The zero-order valence-electron chi connectivity index (χ0n) is 16.0. The van der Waals surface area contributed by atoms with Gasteiger partial charge in [0.25, 0.3) is 5.91 Å². The molecule has 1 fully saturated rings. The van der Waals surface area contributed by atoms with Gasteiger partial charge >= 0.3 is 0 Å². The molecule has 1 aliphatic carbocycles. The second-order valence-electron chi connectivity index (χ2n) is 7.11. The summed E-state index contributed by atoms with van der Waals surface area (Å²) in [6.07, 6.45) is 2.98. The van der Waals surface area contributed by atoms with Crippen molar-refractivity contribution in [1.82, 2.24) is 0 Å². The zero-order valence-corrected chi connectivity index (χ0v) is 16.0. The van der Waals surface area contributed by atoms with Gasteiger partial charge in [0.2, 0.25) is 5.91 Å².